The van der Waals surface area contributed by atoms with Gasteiger partial charge in [-0.15, -0.1) is 0 Å². The number of nitrogens with one attached hydrogen (secondary N) is 4. The molecule has 2 aromatic rings. The summed E-state index contributed by atoms with van der Waals surface area (Å²) in [5, 5.41) is 22.1. The molecule has 2 aliphatic rings. The highest BCUT2D eigenvalue weighted by atomic mass is 16.2. The molecular formula is C22H24N6O2. The maximum Gasteiger partial charge on any atom is 0.255 e. The van der Waals surface area contributed by atoms with E-state index in [-0.39, 0.29) is 24.5 Å². The number of aromatic nitrogens is 1. The van der Waals surface area contributed by atoms with Crippen molar-refractivity contribution in [3.63, 3.8) is 0 Å². The van der Waals surface area contributed by atoms with Crippen LogP contribution in [0.25, 0.3) is 0 Å². The first-order valence-corrected chi connectivity index (χ1v) is 10.2. The van der Waals surface area contributed by atoms with Crippen molar-refractivity contribution in [2.45, 2.75) is 51.2 Å². The van der Waals surface area contributed by atoms with Crippen molar-refractivity contribution in [1.82, 2.24) is 15.6 Å². The summed E-state index contributed by atoms with van der Waals surface area (Å²) in [4.78, 5) is 28.1. The zero-order valence-electron chi connectivity index (χ0n) is 16.8. The average Bonchev–Trinajstić information content (AvgIpc) is 3.12. The van der Waals surface area contributed by atoms with Crippen LogP contribution in [0.1, 0.15) is 52.7 Å². The summed E-state index contributed by atoms with van der Waals surface area (Å²) >= 11 is 0. The molecule has 30 heavy (non-hydrogen) atoms. The number of nitriles is 1. The molecule has 0 radical (unpaired) electrons. The minimum atomic E-state index is -0.242. The van der Waals surface area contributed by atoms with Crippen LogP contribution in [-0.4, -0.2) is 29.4 Å². The highest BCUT2D eigenvalue weighted by Crippen LogP contribution is 2.33. The van der Waals surface area contributed by atoms with Gasteiger partial charge in [-0.2, -0.15) is 5.26 Å². The summed E-state index contributed by atoms with van der Waals surface area (Å²) in [6.45, 7) is 2.28. The number of rotatable bonds is 6. The Morgan fingerprint density at radius 3 is 2.77 bits per heavy atom. The fourth-order valence-corrected chi connectivity index (χ4v) is 4.25. The predicted octanol–water partition coefficient (Wildman–Crippen LogP) is 2.72. The minimum Gasteiger partial charge on any atom is -0.364 e. The predicted molar refractivity (Wildman–Crippen MR) is 113 cm³/mol. The molecule has 2 heterocycles. The van der Waals surface area contributed by atoms with Crippen LogP contribution in [0.3, 0.4) is 0 Å². The Morgan fingerprint density at radius 2 is 2.03 bits per heavy atom. The first-order chi connectivity index (χ1) is 14.6. The maximum absolute atomic E-state index is 12.5. The van der Waals surface area contributed by atoms with Crippen molar-refractivity contribution in [2.75, 3.05) is 10.6 Å². The van der Waals surface area contributed by atoms with E-state index in [9.17, 15) is 14.9 Å². The van der Waals surface area contributed by atoms with Crippen LogP contribution < -0.4 is 21.3 Å². The molecule has 1 aliphatic heterocycles. The summed E-state index contributed by atoms with van der Waals surface area (Å²) in [5.41, 5.74) is 3.32. The summed E-state index contributed by atoms with van der Waals surface area (Å²) in [5.74, 6) is 0.615. The lowest BCUT2D eigenvalue weighted by molar-refractivity contribution is -0.110. The van der Waals surface area contributed by atoms with Crippen molar-refractivity contribution in [3.05, 3.63) is 46.5 Å². The highest BCUT2D eigenvalue weighted by Gasteiger charge is 2.32. The minimum absolute atomic E-state index is 0.0224. The fourth-order valence-electron chi connectivity index (χ4n) is 4.25. The number of hydrogen-bond donors (Lipinski definition) is 4. The number of amides is 2. The zero-order valence-corrected chi connectivity index (χ0v) is 16.8. The van der Waals surface area contributed by atoms with Gasteiger partial charge in [-0.25, -0.2) is 4.98 Å². The number of hydrogen-bond acceptors (Lipinski definition) is 6. The molecule has 0 bridgehead atoms. The first-order valence-electron chi connectivity index (χ1n) is 10.2. The molecule has 2 atom stereocenters. The molecule has 1 aromatic heterocycles. The van der Waals surface area contributed by atoms with Gasteiger partial charge in [0, 0.05) is 29.9 Å². The highest BCUT2D eigenvalue weighted by molar-refractivity contribution is 6.04. The van der Waals surface area contributed by atoms with Gasteiger partial charge in [-0.3, -0.25) is 9.59 Å². The molecule has 1 fully saturated rings. The zero-order chi connectivity index (χ0) is 21.1. The number of fused-ring (bicyclic) bond motifs is 1. The molecule has 4 N–H and O–H groups in total. The third kappa shape index (κ3) is 3.79. The van der Waals surface area contributed by atoms with Gasteiger partial charge in [0.05, 0.1) is 5.56 Å². The van der Waals surface area contributed by atoms with Gasteiger partial charge in [0.2, 0.25) is 6.41 Å². The lowest BCUT2D eigenvalue weighted by Crippen LogP contribution is -2.46. The van der Waals surface area contributed by atoms with Crippen molar-refractivity contribution in [3.8, 4) is 6.07 Å². The SMILES string of the molecule is Cc1cccc(Nc2nc(NC3CCCCC3NC=O)c(C#N)c3c2C(=O)NC3)c1. The van der Waals surface area contributed by atoms with Gasteiger partial charge in [0.25, 0.3) is 5.91 Å². The monoisotopic (exact) mass is 404 g/mol. The molecule has 0 saturated heterocycles. The van der Waals surface area contributed by atoms with E-state index in [4.69, 9.17) is 0 Å². The van der Waals surface area contributed by atoms with Crippen LogP contribution in [0.15, 0.2) is 24.3 Å². The van der Waals surface area contributed by atoms with Gasteiger partial charge in [0.1, 0.15) is 23.3 Å². The molecule has 8 nitrogen and oxygen atoms in total. The Morgan fingerprint density at radius 1 is 1.23 bits per heavy atom. The van der Waals surface area contributed by atoms with Crippen LogP contribution in [-0.2, 0) is 11.3 Å². The Balaban J connectivity index is 1.74. The lowest BCUT2D eigenvalue weighted by Gasteiger charge is -2.32. The van der Waals surface area contributed by atoms with Gasteiger partial charge in [0.15, 0.2) is 0 Å². The van der Waals surface area contributed by atoms with E-state index in [1.807, 2.05) is 31.2 Å². The average molecular weight is 404 g/mol. The first kappa shape index (κ1) is 19.7. The number of nitrogens with zero attached hydrogens (tertiary/aromatic N) is 2. The second kappa shape index (κ2) is 8.41. The molecular weight excluding hydrogens is 380 g/mol. The molecule has 0 spiro atoms. The maximum atomic E-state index is 12.5. The molecule has 1 saturated carbocycles. The van der Waals surface area contributed by atoms with E-state index in [0.29, 0.717) is 28.3 Å². The van der Waals surface area contributed by atoms with E-state index in [0.717, 1.165) is 43.3 Å². The number of benzene rings is 1. The second-order valence-corrected chi connectivity index (χ2v) is 7.75. The quantitative estimate of drug-likeness (QED) is 0.550. The normalized spacial score (nSPS) is 19.9. The number of pyridine rings is 1. The topological polar surface area (TPSA) is 119 Å². The third-order valence-electron chi connectivity index (χ3n) is 5.72. The molecule has 1 aromatic carbocycles. The van der Waals surface area contributed by atoms with Crippen molar-refractivity contribution >= 4 is 29.6 Å². The summed E-state index contributed by atoms with van der Waals surface area (Å²) in [6, 6.07) is 9.96. The van der Waals surface area contributed by atoms with Crippen LogP contribution >= 0.6 is 0 Å². The molecule has 1 aliphatic carbocycles. The standard InChI is InChI=1S/C22H24N6O2/c1-13-5-4-6-14(9-13)26-21-19-16(11-24-22(19)30)15(10-23)20(28-21)27-18-8-3-2-7-17(18)25-12-29/h4-6,9,12,17-18H,2-3,7-8,11H2,1H3,(H,24,30)(H,25,29)(H2,26,27,28). The van der Waals surface area contributed by atoms with E-state index < -0.39 is 0 Å². The fraction of sp³-hybridized carbons (Fsp3) is 0.364. The van der Waals surface area contributed by atoms with Crippen LogP contribution in [0.5, 0.6) is 0 Å². The summed E-state index contributed by atoms with van der Waals surface area (Å²) in [7, 11) is 0. The van der Waals surface area contributed by atoms with E-state index >= 15 is 0 Å². The van der Waals surface area contributed by atoms with Crippen molar-refractivity contribution in [1.29, 1.82) is 5.26 Å². The Labute approximate surface area is 175 Å². The largest absolute Gasteiger partial charge is 0.364 e. The summed E-state index contributed by atoms with van der Waals surface area (Å²) in [6.07, 6.45) is 4.55. The van der Waals surface area contributed by atoms with Crippen LogP contribution in [0, 0.1) is 18.3 Å². The van der Waals surface area contributed by atoms with E-state index in [2.05, 4.69) is 32.3 Å². The van der Waals surface area contributed by atoms with Crippen molar-refractivity contribution in [2.24, 2.45) is 0 Å². The molecule has 8 heteroatoms. The van der Waals surface area contributed by atoms with Crippen molar-refractivity contribution < 1.29 is 9.59 Å². The van der Waals surface area contributed by atoms with Gasteiger partial charge >= 0.3 is 0 Å². The van der Waals surface area contributed by atoms with Gasteiger partial charge in [-0.1, -0.05) is 25.0 Å². The van der Waals surface area contributed by atoms with E-state index in [1.54, 1.807) is 0 Å². The number of carbonyl (C=O) groups excluding carboxylic acids is 2. The Hall–Kier alpha value is -3.60. The Bertz CT molecular complexity index is 1030. The Kier molecular flexibility index (Phi) is 5.53. The molecule has 2 amide bonds. The van der Waals surface area contributed by atoms with Crippen LogP contribution in [0.4, 0.5) is 17.3 Å². The molecule has 4 rings (SSSR count). The third-order valence-corrected chi connectivity index (χ3v) is 5.72. The number of aryl methyl sites for hydroxylation is 1. The summed E-state index contributed by atoms with van der Waals surface area (Å²) < 4.78 is 0. The lowest BCUT2D eigenvalue weighted by atomic mass is 9.90. The van der Waals surface area contributed by atoms with Gasteiger partial charge in [-0.05, 0) is 37.5 Å². The molecule has 154 valence electrons. The number of anilines is 3. The van der Waals surface area contributed by atoms with E-state index in [1.165, 1.54) is 0 Å². The van der Waals surface area contributed by atoms with Gasteiger partial charge < -0.3 is 21.3 Å². The number of carbonyl (C=O) groups is 2. The molecule has 2 unspecified atom stereocenters. The second-order valence-electron chi connectivity index (χ2n) is 7.75. The van der Waals surface area contributed by atoms with Crippen LogP contribution in [0.2, 0.25) is 0 Å². The smallest absolute Gasteiger partial charge is 0.255 e.